The predicted octanol–water partition coefficient (Wildman–Crippen LogP) is -0.767. The van der Waals surface area contributed by atoms with Gasteiger partial charge in [0.1, 0.15) is 31.9 Å². The second-order valence-electron chi connectivity index (χ2n) is 7.47. The lowest BCUT2D eigenvalue weighted by Gasteiger charge is -2.33. The van der Waals surface area contributed by atoms with Gasteiger partial charge in [0, 0.05) is 0 Å². The quantitative estimate of drug-likeness (QED) is 0.590. The highest BCUT2D eigenvalue weighted by atomic mass is 16.5. The van der Waals surface area contributed by atoms with Gasteiger partial charge in [0.05, 0.1) is 26.3 Å². The number of methoxy groups -OCH3 is 1. The maximum atomic E-state index is 5.70. The van der Waals surface area contributed by atoms with Crippen LogP contribution >= 0.6 is 0 Å². The Labute approximate surface area is 165 Å². The lowest BCUT2D eigenvalue weighted by molar-refractivity contribution is -1.02. The third-order valence-corrected chi connectivity index (χ3v) is 5.60. The van der Waals surface area contributed by atoms with E-state index in [1.807, 2.05) is 35.0 Å². The molecule has 2 heterocycles. The molecule has 146 valence electrons. The van der Waals surface area contributed by atoms with Crippen molar-refractivity contribution in [1.29, 1.82) is 0 Å². The molecule has 1 atom stereocenters. The summed E-state index contributed by atoms with van der Waals surface area (Å²) in [7, 11) is 3.99. The SMILES string of the molecule is COc1ccccc1[C@H](c1nnnn1Cc1ccccc1)[NH+]1CC[NH+](C)CC1. The molecule has 28 heavy (non-hydrogen) atoms. The van der Waals surface area contributed by atoms with Crippen LogP contribution in [0.4, 0.5) is 0 Å². The largest absolute Gasteiger partial charge is 0.496 e. The van der Waals surface area contributed by atoms with Gasteiger partial charge in [-0.2, -0.15) is 0 Å². The fraction of sp³-hybridized carbons (Fsp3) is 0.381. The van der Waals surface area contributed by atoms with Gasteiger partial charge in [0.15, 0.2) is 6.04 Å². The number of quaternary nitrogens is 2. The molecule has 4 rings (SSSR count). The molecule has 0 bridgehead atoms. The number of tetrazole rings is 1. The molecule has 1 aliphatic heterocycles. The van der Waals surface area contributed by atoms with E-state index in [4.69, 9.17) is 4.74 Å². The van der Waals surface area contributed by atoms with Crippen molar-refractivity contribution < 1.29 is 14.5 Å². The van der Waals surface area contributed by atoms with E-state index in [1.165, 1.54) is 10.5 Å². The summed E-state index contributed by atoms with van der Waals surface area (Å²) >= 11 is 0. The number of aromatic nitrogens is 4. The highest BCUT2D eigenvalue weighted by molar-refractivity contribution is 5.37. The van der Waals surface area contributed by atoms with Gasteiger partial charge in [-0.1, -0.05) is 42.5 Å². The summed E-state index contributed by atoms with van der Waals surface area (Å²) in [6.45, 7) is 5.09. The summed E-state index contributed by atoms with van der Waals surface area (Å²) in [6.07, 6.45) is 0. The van der Waals surface area contributed by atoms with Crippen LogP contribution in [-0.4, -0.2) is 60.5 Å². The van der Waals surface area contributed by atoms with Crippen LogP contribution in [0.1, 0.15) is 23.0 Å². The minimum absolute atomic E-state index is 0.0444. The summed E-state index contributed by atoms with van der Waals surface area (Å²) in [5.74, 6) is 1.78. The summed E-state index contributed by atoms with van der Waals surface area (Å²) in [5, 5.41) is 12.8. The van der Waals surface area contributed by atoms with Crippen LogP contribution in [0.15, 0.2) is 54.6 Å². The predicted molar refractivity (Wildman–Crippen MR) is 106 cm³/mol. The number of nitrogens with one attached hydrogen (secondary N) is 2. The fourth-order valence-electron chi connectivity index (χ4n) is 4.02. The molecule has 0 saturated carbocycles. The van der Waals surface area contributed by atoms with E-state index in [2.05, 4.69) is 46.8 Å². The number of nitrogens with zero attached hydrogens (tertiary/aromatic N) is 4. The Kier molecular flexibility index (Phi) is 5.64. The molecule has 0 unspecified atom stereocenters. The lowest BCUT2D eigenvalue weighted by atomic mass is 10.0. The molecule has 0 spiro atoms. The Morgan fingerprint density at radius 1 is 1.00 bits per heavy atom. The number of benzene rings is 2. The van der Waals surface area contributed by atoms with Gasteiger partial charge < -0.3 is 14.5 Å². The number of ether oxygens (including phenoxy) is 1. The number of hydrogen-bond acceptors (Lipinski definition) is 4. The van der Waals surface area contributed by atoms with Crippen LogP contribution in [0.25, 0.3) is 0 Å². The molecule has 0 aliphatic carbocycles. The first kappa shape index (κ1) is 18.6. The molecule has 1 saturated heterocycles. The van der Waals surface area contributed by atoms with Gasteiger partial charge in [-0.25, -0.2) is 4.68 Å². The molecule has 2 aromatic carbocycles. The van der Waals surface area contributed by atoms with Crippen LogP contribution in [0.3, 0.4) is 0 Å². The Hall–Kier alpha value is -2.77. The standard InChI is InChI=1S/C21H26N6O/c1-25-12-14-26(15-13-25)20(18-10-6-7-11-19(18)28-2)21-22-23-24-27(21)16-17-8-4-3-5-9-17/h3-11,20H,12-16H2,1-2H3/p+2/t20-/m1/s1. The number of rotatable bonds is 6. The van der Waals surface area contributed by atoms with Crippen molar-refractivity contribution in [1.82, 2.24) is 20.2 Å². The zero-order valence-electron chi connectivity index (χ0n) is 16.5. The summed E-state index contributed by atoms with van der Waals surface area (Å²) in [4.78, 5) is 3.06. The summed E-state index contributed by atoms with van der Waals surface area (Å²) < 4.78 is 7.63. The average Bonchev–Trinajstić information content (AvgIpc) is 3.18. The Morgan fingerprint density at radius 3 is 2.46 bits per heavy atom. The van der Waals surface area contributed by atoms with Crippen molar-refractivity contribution in [2.45, 2.75) is 12.6 Å². The van der Waals surface area contributed by atoms with Gasteiger partial charge in [0.2, 0.25) is 5.82 Å². The molecule has 0 radical (unpaired) electrons. The molecular formula is C21H28N6O+2. The van der Waals surface area contributed by atoms with E-state index in [0.29, 0.717) is 6.54 Å². The van der Waals surface area contributed by atoms with Gasteiger partial charge in [-0.3, -0.25) is 0 Å². The van der Waals surface area contributed by atoms with E-state index in [1.54, 1.807) is 12.0 Å². The van der Waals surface area contributed by atoms with E-state index in [9.17, 15) is 0 Å². The number of piperazine rings is 1. The van der Waals surface area contributed by atoms with E-state index >= 15 is 0 Å². The maximum Gasteiger partial charge on any atom is 0.214 e. The zero-order valence-corrected chi connectivity index (χ0v) is 16.5. The normalized spacial score (nSPS) is 20.6. The number of para-hydroxylation sites is 1. The maximum absolute atomic E-state index is 5.70. The molecule has 0 amide bonds. The van der Waals surface area contributed by atoms with Crippen molar-refractivity contribution in [3.8, 4) is 5.75 Å². The molecule has 3 aromatic rings. The van der Waals surface area contributed by atoms with Crippen LogP contribution in [0.5, 0.6) is 5.75 Å². The van der Waals surface area contributed by atoms with Crippen LogP contribution in [-0.2, 0) is 6.54 Å². The second kappa shape index (κ2) is 8.50. The van der Waals surface area contributed by atoms with E-state index in [0.717, 1.165) is 43.3 Å². The first-order valence-corrected chi connectivity index (χ1v) is 9.85. The number of hydrogen-bond donors (Lipinski definition) is 2. The van der Waals surface area contributed by atoms with Gasteiger partial charge in [-0.05, 0) is 28.1 Å². The minimum atomic E-state index is 0.0444. The van der Waals surface area contributed by atoms with E-state index < -0.39 is 0 Å². The highest BCUT2D eigenvalue weighted by Gasteiger charge is 2.36. The third-order valence-electron chi connectivity index (χ3n) is 5.60. The first-order valence-electron chi connectivity index (χ1n) is 9.85. The molecule has 1 aliphatic rings. The zero-order chi connectivity index (χ0) is 19.3. The van der Waals surface area contributed by atoms with Gasteiger partial charge in [-0.15, -0.1) is 5.10 Å². The average molecular weight is 380 g/mol. The van der Waals surface area contributed by atoms with Gasteiger partial charge in [0.25, 0.3) is 0 Å². The van der Waals surface area contributed by atoms with Crippen molar-refractivity contribution in [2.24, 2.45) is 0 Å². The monoisotopic (exact) mass is 380 g/mol. The van der Waals surface area contributed by atoms with Crippen molar-refractivity contribution >= 4 is 0 Å². The summed E-state index contributed by atoms with van der Waals surface area (Å²) in [6, 6.07) is 18.6. The number of likely N-dealkylation sites (N-methyl/N-ethyl adjacent to an activating group) is 1. The third kappa shape index (κ3) is 3.90. The summed E-state index contributed by atoms with van der Waals surface area (Å²) in [5.41, 5.74) is 2.33. The van der Waals surface area contributed by atoms with Crippen molar-refractivity contribution in [3.63, 3.8) is 0 Å². The smallest absolute Gasteiger partial charge is 0.214 e. The molecular weight excluding hydrogens is 352 g/mol. The topological polar surface area (TPSA) is 61.7 Å². The molecule has 7 nitrogen and oxygen atoms in total. The lowest BCUT2D eigenvalue weighted by Crippen LogP contribution is -3.27. The van der Waals surface area contributed by atoms with Crippen molar-refractivity contribution in [2.75, 3.05) is 40.3 Å². The minimum Gasteiger partial charge on any atom is -0.496 e. The molecule has 7 heteroatoms. The molecule has 2 N–H and O–H groups in total. The van der Waals surface area contributed by atoms with Crippen LogP contribution in [0.2, 0.25) is 0 Å². The Morgan fingerprint density at radius 2 is 1.71 bits per heavy atom. The van der Waals surface area contributed by atoms with E-state index in [-0.39, 0.29) is 6.04 Å². The van der Waals surface area contributed by atoms with Gasteiger partial charge >= 0.3 is 0 Å². The first-order chi connectivity index (χ1) is 13.8. The molecule has 1 aromatic heterocycles. The highest BCUT2D eigenvalue weighted by Crippen LogP contribution is 2.27. The van der Waals surface area contributed by atoms with Crippen LogP contribution in [0, 0.1) is 0 Å². The second-order valence-corrected chi connectivity index (χ2v) is 7.47. The molecule has 1 fully saturated rings. The van der Waals surface area contributed by atoms with Crippen LogP contribution < -0.4 is 14.5 Å². The van der Waals surface area contributed by atoms with Crippen molar-refractivity contribution in [3.05, 3.63) is 71.5 Å². The Bertz CT molecular complexity index is 889. The fourth-order valence-corrected chi connectivity index (χ4v) is 4.02. The Balaban J connectivity index is 1.73.